The number of carbonyl (C=O) groups excluding carboxylic acids is 2. The second-order valence-corrected chi connectivity index (χ2v) is 6.08. The molecule has 28 heavy (non-hydrogen) atoms. The van der Waals surface area contributed by atoms with Crippen molar-refractivity contribution in [3.8, 4) is 5.75 Å². The number of nitrogens with two attached hydrogens (primary N) is 1. The molecule has 3 N–H and O–H groups in total. The lowest BCUT2D eigenvalue weighted by molar-refractivity contribution is -0.111. The molecule has 3 aromatic rings. The van der Waals surface area contributed by atoms with E-state index in [9.17, 15) is 9.59 Å². The van der Waals surface area contributed by atoms with E-state index >= 15 is 0 Å². The monoisotopic (exact) mass is 372 g/mol. The molecule has 3 rings (SSSR count). The highest BCUT2D eigenvalue weighted by Gasteiger charge is 2.08. The lowest BCUT2D eigenvalue weighted by Crippen LogP contribution is -2.16. The Morgan fingerprint density at radius 3 is 2.46 bits per heavy atom. The van der Waals surface area contributed by atoms with Crippen LogP contribution in [0.3, 0.4) is 0 Å². The van der Waals surface area contributed by atoms with E-state index in [1.807, 2.05) is 54.6 Å². The van der Waals surface area contributed by atoms with E-state index in [0.29, 0.717) is 18.0 Å². The number of nitrogens with one attached hydrogen (secondary N) is 1. The molecule has 0 saturated heterocycles. The zero-order valence-electron chi connectivity index (χ0n) is 15.2. The van der Waals surface area contributed by atoms with Crippen molar-refractivity contribution in [2.75, 3.05) is 5.32 Å². The van der Waals surface area contributed by atoms with Crippen molar-refractivity contribution in [3.63, 3.8) is 0 Å². The van der Waals surface area contributed by atoms with Gasteiger partial charge in [-0.1, -0.05) is 54.6 Å². The van der Waals surface area contributed by atoms with Crippen molar-refractivity contribution in [2.45, 2.75) is 6.61 Å². The summed E-state index contributed by atoms with van der Waals surface area (Å²) in [5, 5.41) is 2.67. The Morgan fingerprint density at radius 2 is 1.68 bits per heavy atom. The van der Waals surface area contributed by atoms with Gasteiger partial charge in [0.2, 0.25) is 5.91 Å². The SMILES string of the molecule is NC(=O)c1ccccc1NC(=O)/C=C/c1cccc(OCc2ccccc2)c1. The van der Waals surface area contributed by atoms with Gasteiger partial charge in [0.05, 0.1) is 11.3 Å². The van der Waals surface area contributed by atoms with Crippen LogP contribution >= 0.6 is 0 Å². The molecular weight excluding hydrogens is 352 g/mol. The maximum atomic E-state index is 12.2. The number of hydrogen-bond donors (Lipinski definition) is 2. The highest BCUT2D eigenvalue weighted by molar-refractivity contribution is 6.07. The summed E-state index contributed by atoms with van der Waals surface area (Å²) in [7, 11) is 0. The quantitative estimate of drug-likeness (QED) is 0.615. The molecule has 0 aliphatic heterocycles. The first-order valence-corrected chi connectivity index (χ1v) is 8.76. The van der Waals surface area contributed by atoms with Crippen LogP contribution in [0.5, 0.6) is 5.75 Å². The molecule has 0 unspecified atom stereocenters. The fourth-order valence-corrected chi connectivity index (χ4v) is 2.60. The summed E-state index contributed by atoms with van der Waals surface area (Å²) < 4.78 is 5.79. The lowest BCUT2D eigenvalue weighted by atomic mass is 10.1. The molecule has 0 spiro atoms. The van der Waals surface area contributed by atoms with Crippen LogP contribution in [0.15, 0.2) is 84.9 Å². The van der Waals surface area contributed by atoms with Crippen molar-refractivity contribution < 1.29 is 14.3 Å². The number of amides is 2. The van der Waals surface area contributed by atoms with Crippen molar-refractivity contribution in [2.24, 2.45) is 5.73 Å². The largest absolute Gasteiger partial charge is 0.489 e. The maximum Gasteiger partial charge on any atom is 0.250 e. The Hall–Kier alpha value is -3.86. The molecule has 0 fully saturated rings. The highest BCUT2D eigenvalue weighted by atomic mass is 16.5. The Balaban J connectivity index is 1.62. The molecule has 0 saturated carbocycles. The Morgan fingerprint density at radius 1 is 0.929 bits per heavy atom. The number of ether oxygens (including phenoxy) is 1. The minimum atomic E-state index is -0.594. The van der Waals surface area contributed by atoms with E-state index < -0.39 is 5.91 Å². The van der Waals surface area contributed by atoms with Crippen molar-refractivity contribution in [1.82, 2.24) is 0 Å². The topological polar surface area (TPSA) is 81.4 Å². The minimum Gasteiger partial charge on any atom is -0.489 e. The number of carbonyl (C=O) groups is 2. The number of anilines is 1. The van der Waals surface area contributed by atoms with E-state index in [1.165, 1.54) is 6.08 Å². The zero-order valence-corrected chi connectivity index (χ0v) is 15.2. The van der Waals surface area contributed by atoms with Crippen LogP contribution in [0, 0.1) is 0 Å². The van der Waals surface area contributed by atoms with E-state index in [2.05, 4.69) is 5.32 Å². The van der Waals surface area contributed by atoms with Crippen molar-refractivity contribution >= 4 is 23.6 Å². The molecule has 140 valence electrons. The van der Waals surface area contributed by atoms with E-state index in [-0.39, 0.29) is 11.5 Å². The molecular formula is C23H20N2O3. The summed E-state index contributed by atoms with van der Waals surface area (Å²) >= 11 is 0. The summed E-state index contributed by atoms with van der Waals surface area (Å²) in [6, 6.07) is 23.9. The summed E-state index contributed by atoms with van der Waals surface area (Å²) in [5.74, 6) is -0.238. The van der Waals surface area contributed by atoms with Crippen LogP contribution in [0.1, 0.15) is 21.5 Å². The Labute approximate surface area is 163 Å². The summed E-state index contributed by atoms with van der Waals surface area (Å²) in [4.78, 5) is 23.6. The Bertz CT molecular complexity index is 997. The van der Waals surface area contributed by atoms with Gasteiger partial charge in [0.25, 0.3) is 5.91 Å². The molecule has 5 heteroatoms. The first-order valence-electron chi connectivity index (χ1n) is 8.76. The molecule has 0 radical (unpaired) electrons. The smallest absolute Gasteiger partial charge is 0.250 e. The molecule has 0 aliphatic rings. The summed E-state index contributed by atoms with van der Waals surface area (Å²) in [5.41, 5.74) is 7.87. The number of benzene rings is 3. The van der Waals surface area contributed by atoms with Gasteiger partial charge in [0.15, 0.2) is 0 Å². The van der Waals surface area contributed by atoms with Gasteiger partial charge in [0, 0.05) is 6.08 Å². The molecule has 3 aromatic carbocycles. The van der Waals surface area contributed by atoms with Crippen LogP contribution in [0.4, 0.5) is 5.69 Å². The van der Waals surface area contributed by atoms with Crippen molar-refractivity contribution in [1.29, 1.82) is 0 Å². The molecule has 0 atom stereocenters. The first-order chi connectivity index (χ1) is 13.6. The van der Waals surface area contributed by atoms with E-state index in [0.717, 1.165) is 11.1 Å². The number of hydrogen-bond acceptors (Lipinski definition) is 3. The summed E-state index contributed by atoms with van der Waals surface area (Å²) in [6.45, 7) is 0.471. The minimum absolute atomic E-state index is 0.264. The summed E-state index contributed by atoms with van der Waals surface area (Å²) in [6.07, 6.45) is 3.08. The van der Waals surface area contributed by atoms with Crippen LogP contribution in [0.2, 0.25) is 0 Å². The van der Waals surface area contributed by atoms with E-state index in [1.54, 1.807) is 30.3 Å². The van der Waals surface area contributed by atoms with Gasteiger partial charge in [-0.05, 0) is 41.5 Å². The van der Waals surface area contributed by atoms with Gasteiger partial charge < -0.3 is 15.8 Å². The number of rotatable bonds is 7. The Kier molecular flexibility index (Phi) is 6.21. The fraction of sp³-hybridized carbons (Fsp3) is 0.0435. The van der Waals surface area contributed by atoms with Crippen LogP contribution in [0.25, 0.3) is 6.08 Å². The number of primary amides is 1. The predicted molar refractivity (Wildman–Crippen MR) is 110 cm³/mol. The van der Waals surface area contributed by atoms with Gasteiger partial charge >= 0.3 is 0 Å². The highest BCUT2D eigenvalue weighted by Crippen LogP contribution is 2.17. The molecule has 2 amide bonds. The third-order valence-corrected chi connectivity index (χ3v) is 3.98. The van der Waals surface area contributed by atoms with Crippen LogP contribution in [-0.4, -0.2) is 11.8 Å². The fourth-order valence-electron chi connectivity index (χ4n) is 2.60. The van der Waals surface area contributed by atoms with Crippen LogP contribution in [-0.2, 0) is 11.4 Å². The lowest BCUT2D eigenvalue weighted by Gasteiger charge is -2.07. The normalized spacial score (nSPS) is 10.6. The second-order valence-electron chi connectivity index (χ2n) is 6.08. The second kappa shape index (κ2) is 9.19. The average molecular weight is 372 g/mol. The average Bonchev–Trinajstić information content (AvgIpc) is 2.72. The predicted octanol–water partition coefficient (Wildman–Crippen LogP) is 4.02. The van der Waals surface area contributed by atoms with Crippen LogP contribution < -0.4 is 15.8 Å². The first kappa shape index (κ1) is 18.9. The van der Waals surface area contributed by atoms with Gasteiger partial charge in [-0.15, -0.1) is 0 Å². The van der Waals surface area contributed by atoms with Gasteiger partial charge in [-0.3, -0.25) is 9.59 Å². The van der Waals surface area contributed by atoms with E-state index in [4.69, 9.17) is 10.5 Å². The third-order valence-electron chi connectivity index (χ3n) is 3.98. The maximum absolute atomic E-state index is 12.2. The van der Waals surface area contributed by atoms with Gasteiger partial charge in [-0.2, -0.15) is 0 Å². The molecule has 0 aliphatic carbocycles. The van der Waals surface area contributed by atoms with Gasteiger partial charge in [0.1, 0.15) is 12.4 Å². The van der Waals surface area contributed by atoms with Gasteiger partial charge in [-0.25, -0.2) is 0 Å². The third kappa shape index (κ3) is 5.32. The molecule has 0 bridgehead atoms. The molecule has 0 aromatic heterocycles. The standard InChI is InChI=1S/C23H20N2O3/c24-23(27)20-11-4-5-12-21(20)25-22(26)14-13-17-9-6-10-19(15-17)28-16-18-7-2-1-3-8-18/h1-15H,16H2,(H2,24,27)(H,25,26)/b14-13+. The van der Waals surface area contributed by atoms with Crippen molar-refractivity contribution in [3.05, 3.63) is 102 Å². The number of para-hydroxylation sites is 1. The molecule has 5 nitrogen and oxygen atoms in total. The zero-order chi connectivity index (χ0) is 19.8. The molecule has 0 heterocycles.